The second-order valence-corrected chi connectivity index (χ2v) is 1.32. The summed E-state index contributed by atoms with van der Waals surface area (Å²) in [6, 6.07) is 0. The van der Waals surface area contributed by atoms with Gasteiger partial charge in [0.2, 0.25) is 0 Å². The van der Waals surface area contributed by atoms with Crippen LogP contribution in [0, 0.1) is 6.10 Å². The van der Waals surface area contributed by atoms with Crippen LogP contribution in [0.2, 0.25) is 0 Å². The summed E-state index contributed by atoms with van der Waals surface area (Å²) >= 11 is 0. The molecule has 0 aromatic carbocycles. The van der Waals surface area contributed by atoms with Crippen molar-refractivity contribution in [3.8, 4) is 0 Å². The highest BCUT2D eigenvalue weighted by Gasteiger charge is 2.04. The Labute approximate surface area is 43.1 Å². The number of aliphatic hydroxyl groups excluding tert-OH is 2. The molecule has 0 fully saturated rings. The molecule has 0 aromatic rings. The number of aliphatic hydroxyl groups is 2. The van der Waals surface area contributed by atoms with Crippen LogP contribution >= 0.6 is 0 Å². The van der Waals surface area contributed by atoms with Gasteiger partial charge in [0, 0.05) is 0 Å². The van der Waals surface area contributed by atoms with Crippen LogP contribution in [-0.4, -0.2) is 16.3 Å². The maximum atomic E-state index is 8.53. The summed E-state index contributed by atoms with van der Waals surface area (Å²) in [6.07, 6.45) is 0.380. The van der Waals surface area contributed by atoms with E-state index >= 15 is 0 Å². The van der Waals surface area contributed by atoms with Gasteiger partial charge in [-0.05, 0) is 6.92 Å². The topological polar surface area (TPSA) is 40.5 Å². The minimum absolute atomic E-state index is 0.0185. The van der Waals surface area contributed by atoms with Crippen LogP contribution in [0.3, 0.4) is 0 Å². The number of hydrogen-bond donors (Lipinski definition) is 2. The average molecular weight is 101 g/mol. The molecule has 0 aromatic heterocycles. The number of rotatable bonds is 2. The normalized spacial score (nSPS) is 14.3. The lowest BCUT2D eigenvalue weighted by Gasteiger charge is -2.03. The molecule has 0 aliphatic rings. The maximum Gasteiger partial charge on any atom is 0.122 e. The maximum absolute atomic E-state index is 8.53. The van der Waals surface area contributed by atoms with Gasteiger partial charge in [0.05, 0.1) is 0 Å². The predicted octanol–water partition coefficient (Wildman–Crippen LogP) is 0.458. The van der Waals surface area contributed by atoms with E-state index in [9.17, 15) is 0 Å². The zero-order valence-corrected chi connectivity index (χ0v) is 4.26. The van der Waals surface area contributed by atoms with E-state index < -0.39 is 6.10 Å². The lowest BCUT2D eigenvalue weighted by Crippen LogP contribution is -2.10. The van der Waals surface area contributed by atoms with Crippen LogP contribution in [0.5, 0.6) is 0 Å². The fourth-order valence-corrected chi connectivity index (χ4v) is 0.171. The Hall–Kier alpha value is -0.340. The van der Waals surface area contributed by atoms with Crippen LogP contribution < -0.4 is 0 Å². The van der Waals surface area contributed by atoms with Crippen LogP contribution in [0.15, 0.2) is 12.7 Å². The monoisotopic (exact) mass is 101 g/mol. The van der Waals surface area contributed by atoms with Gasteiger partial charge < -0.3 is 10.2 Å². The molecular weight excluding hydrogens is 92.1 g/mol. The fourth-order valence-electron chi connectivity index (χ4n) is 0.171. The van der Waals surface area contributed by atoms with E-state index in [1.54, 1.807) is 0 Å². The van der Waals surface area contributed by atoms with E-state index in [2.05, 4.69) is 6.58 Å². The van der Waals surface area contributed by atoms with Gasteiger partial charge in [-0.1, -0.05) is 6.08 Å². The third-order valence-corrected chi connectivity index (χ3v) is 0.651. The van der Waals surface area contributed by atoms with Crippen molar-refractivity contribution >= 4 is 0 Å². The minimum atomic E-state index is -0.861. The molecule has 0 bridgehead atoms. The van der Waals surface area contributed by atoms with Gasteiger partial charge in [-0.2, -0.15) is 0 Å². The molecule has 41 valence electrons. The molecule has 0 aliphatic heterocycles. The molecule has 2 nitrogen and oxygen atoms in total. The molecule has 0 amide bonds. The van der Waals surface area contributed by atoms with Gasteiger partial charge in [-0.3, -0.25) is 0 Å². The van der Waals surface area contributed by atoms with Crippen molar-refractivity contribution in [3.63, 3.8) is 0 Å². The first-order chi connectivity index (χ1) is 3.18. The second-order valence-electron chi connectivity index (χ2n) is 1.32. The van der Waals surface area contributed by atoms with Crippen molar-refractivity contribution in [1.82, 2.24) is 0 Å². The molecule has 0 saturated heterocycles. The third-order valence-electron chi connectivity index (χ3n) is 0.651. The molecule has 7 heavy (non-hydrogen) atoms. The summed E-state index contributed by atoms with van der Waals surface area (Å²) in [6.45, 7) is 4.67. The molecule has 2 heteroatoms. The third kappa shape index (κ3) is 2.37. The van der Waals surface area contributed by atoms with E-state index in [1.807, 2.05) is 0 Å². The van der Waals surface area contributed by atoms with Crippen molar-refractivity contribution in [1.29, 1.82) is 0 Å². The molecule has 0 heterocycles. The standard InChI is InChI=1S/C5H9O2/c1-3-5(7)4(2)6/h3,5-7H,1H2,2H3. The zero-order valence-electron chi connectivity index (χ0n) is 4.26. The molecule has 0 saturated carbocycles. The van der Waals surface area contributed by atoms with Crippen molar-refractivity contribution in [2.45, 2.75) is 13.0 Å². The second kappa shape index (κ2) is 2.77. The lowest BCUT2D eigenvalue weighted by atomic mass is 10.2. The molecule has 0 aliphatic carbocycles. The van der Waals surface area contributed by atoms with E-state index in [1.165, 1.54) is 13.0 Å². The summed E-state index contributed by atoms with van der Waals surface area (Å²) in [7, 11) is 0. The molecule has 0 spiro atoms. The van der Waals surface area contributed by atoms with Gasteiger partial charge in [0.15, 0.2) is 0 Å². The largest absolute Gasteiger partial charge is 0.386 e. The van der Waals surface area contributed by atoms with Crippen LogP contribution in [-0.2, 0) is 0 Å². The lowest BCUT2D eigenvalue weighted by molar-refractivity contribution is 0.140. The van der Waals surface area contributed by atoms with E-state index in [0.29, 0.717) is 0 Å². The molecule has 1 unspecified atom stereocenters. The Morgan fingerprint density at radius 1 is 1.86 bits per heavy atom. The van der Waals surface area contributed by atoms with Gasteiger partial charge >= 0.3 is 0 Å². The Bertz CT molecular complexity index is 59.1. The van der Waals surface area contributed by atoms with Crippen LogP contribution in [0.1, 0.15) is 6.92 Å². The smallest absolute Gasteiger partial charge is 0.122 e. The SMILES string of the molecule is C=CC(O)[C](C)O. The average Bonchev–Trinajstić information content (AvgIpc) is 1.65. The zero-order chi connectivity index (χ0) is 5.86. The summed E-state index contributed by atoms with van der Waals surface area (Å²) in [5.74, 6) is 0. The van der Waals surface area contributed by atoms with Crippen LogP contribution in [0.4, 0.5) is 0 Å². The Morgan fingerprint density at radius 2 is 2.29 bits per heavy atom. The fraction of sp³-hybridized carbons (Fsp3) is 0.400. The van der Waals surface area contributed by atoms with Crippen molar-refractivity contribution < 1.29 is 10.2 Å². The summed E-state index contributed by atoms with van der Waals surface area (Å²) in [4.78, 5) is 0. The van der Waals surface area contributed by atoms with Crippen molar-refractivity contribution in [2.75, 3.05) is 0 Å². The Balaban J connectivity index is 3.33. The predicted molar refractivity (Wildman–Crippen MR) is 27.1 cm³/mol. The summed E-state index contributed by atoms with van der Waals surface area (Å²) in [5, 5.41) is 16.9. The summed E-state index contributed by atoms with van der Waals surface area (Å²) < 4.78 is 0. The Kier molecular flexibility index (Phi) is 2.64. The van der Waals surface area contributed by atoms with E-state index in [-0.39, 0.29) is 6.10 Å². The van der Waals surface area contributed by atoms with E-state index in [4.69, 9.17) is 10.2 Å². The highest BCUT2D eigenvalue weighted by Crippen LogP contribution is 1.98. The van der Waals surface area contributed by atoms with Crippen LogP contribution in [0.25, 0.3) is 0 Å². The molecule has 1 radical (unpaired) electrons. The molecular formula is C5H9O2. The first kappa shape index (κ1) is 6.66. The summed E-state index contributed by atoms with van der Waals surface area (Å²) in [5.41, 5.74) is 0. The van der Waals surface area contributed by atoms with Gasteiger partial charge in [-0.25, -0.2) is 0 Å². The Morgan fingerprint density at radius 3 is 2.29 bits per heavy atom. The molecule has 1 atom stereocenters. The van der Waals surface area contributed by atoms with Gasteiger partial charge in [-0.15, -0.1) is 6.58 Å². The first-order valence-electron chi connectivity index (χ1n) is 2.01. The minimum Gasteiger partial charge on any atom is -0.386 e. The number of hydrogen-bond acceptors (Lipinski definition) is 2. The quantitative estimate of drug-likeness (QED) is 0.496. The van der Waals surface area contributed by atoms with Gasteiger partial charge in [0.25, 0.3) is 0 Å². The van der Waals surface area contributed by atoms with Crippen molar-refractivity contribution in [2.24, 2.45) is 0 Å². The molecule has 2 N–H and O–H groups in total. The first-order valence-corrected chi connectivity index (χ1v) is 2.01. The van der Waals surface area contributed by atoms with Gasteiger partial charge in [0.1, 0.15) is 12.2 Å². The highest BCUT2D eigenvalue weighted by molar-refractivity contribution is 4.92. The van der Waals surface area contributed by atoms with E-state index in [0.717, 1.165) is 0 Å². The molecule has 0 rings (SSSR count). The highest BCUT2D eigenvalue weighted by atomic mass is 16.3. The van der Waals surface area contributed by atoms with Crippen molar-refractivity contribution in [3.05, 3.63) is 18.8 Å².